The second-order valence-corrected chi connectivity index (χ2v) is 13.7. The van der Waals surface area contributed by atoms with Gasteiger partial charge in [-0.05, 0) is 45.0 Å². The maximum atomic E-state index is 13.9. The fourth-order valence-electron chi connectivity index (χ4n) is 5.64. The number of nitrogens with zero attached hydrogens (tertiary/aromatic N) is 6. The van der Waals surface area contributed by atoms with Crippen molar-refractivity contribution in [2.45, 2.75) is 45.8 Å². The van der Waals surface area contributed by atoms with E-state index in [2.05, 4.69) is 4.72 Å². The number of carbonyl (C=O) groups is 1. The average molecular weight is 655 g/mol. The van der Waals surface area contributed by atoms with Crippen LogP contribution in [0.1, 0.15) is 37.0 Å². The number of piperidine rings is 1. The Morgan fingerprint density at radius 1 is 1.15 bits per heavy atom. The van der Waals surface area contributed by atoms with Crippen LogP contribution in [0.15, 0.2) is 57.8 Å². The van der Waals surface area contributed by atoms with Crippen LogP contribution in [-0.2, 0) is 34.9 Å². The maximum Gasteiger partial charge on any atom is 0.332 e. The number of fused-ring (bicyclic) bond motifs is 1. The number of nitrogens with one attached hydrogen (secondary N) is 1. The lowest BCUT2D eigenvalue weighted by Crippen LogP contribution is -2.44. The van der Waals surface area contributed by atoms with Crippen LogP contribution in [0.2, 0.25) is 0 Å². The molecule has 0 saturated carbocycles. The first kappa shape index (κ1) is 33.2. The number of allylic oxidation sites excluding steroid dienone is 2. The van der Waals surface area contributed by atoms with Gasteiger partial charge in [0.25, 0.3) is 5.56 Å². The third-order valence-corrected chi connectivity index (χ3v) is 9.25. The van der Waals surface area contributed by atoms with Gasteiger partial charge in [-0.25, -0.2) is 13.2 Å². The molecular formula is C31H42N8O6S. The minimum Gasteiger partial charge on any atom is -0.378 e. The SMILES string of the molecule is CC(C)=CCn1c(N2CCCC(N)C2)nc2c1c(=O)n(CC(=O)c1cccc(NS(=O)(=O)CC=CN3CCOCC3)c1)c(=O)n2C. The average Bonchev–Trinajstić information content (AvgIpc) is 3.41. The lowest BCUT2D eigenvalue weighted by molar-refractivity contribution is 0.0593. The maximum absolute atomic E-state index is 13.9. The molecule has 1 unspecified atom stereocenters. The summed E-state index contributed by atoms with van der Waals surface area (Å²) in [5, 5.41) is 0. The number of ether oxygens (including phenoxy) is 1. The number of ketones is 1. The number of morpholine rings is 1. The second-order valence-electron chi connectivity index (χ2n) is 12.0. The first-order valence-corrected chi connectivity index (χ1v) is 17.0. The number of rotatable bonds is 11. The van der Waals surface area contributed by atoms with Crippen molar-refractivity contribution >= 4 is 38.6 Å². The van der Waals surface area contributed by atoms with Crippen molar-refractivity contribution in [1.82, 2.24) is 23.6 Å². The van der Waals surface area contributed by atoms with E-state index in [0.29, 0.717) is 45.3 Å². The predicted octanol–water partition coefficient (Wildman–Crippen LogP) is 1.26. The van der Waals surface area contributed by atoms with Crippen LogP contribution in [-0.4, -0.2) is 89.0 Å². The molecule has 1 atom stereocenters. The summed E-state index contributed by atoms with van der Waals surface area (Å²) in [4.78, 5) is 49.6. The Morgan fingerprint density at radius 2 is 1.91 bits per heavy atom. The highest BCUT2D eigenvalue weighted by Crippen LogP contribution is 2.23. The molecule has 0 aliphatic carbocycles. The molecule has 5 rings (SSSR count). The normalized spacial score (nSPS) is 17.5. The Morgan fingerprint density at radius 3 is 2.63 bits per heavy atom. The van der Waals surface area contributed by atoms with Crippen molar-refractivity contribution in [3.63, 3.8) is 0 Å². The molecular weight excluding hydrogens is 612 g/mol. The Bertz CT molecular complexity index is 1880. The summed E-state index contributed by atoms with van der Waals surface area (Å²) in [5.74, 6) is -0.220. The van der Waals surface area contributed by atoms with Gasteiger partial charge in [-0.3, -0.25) is 23.4 Å². The highest BCUT2D eigenvalue weighted by atomic mass is 32.2. The molecule has 1 aromatic carbocycles. The molecule has 0 amide bonds. The molecule has 0 radical (unpaired) electrons. The molecule has 2 saturated heterocycles. The van der Waals surface area contributed by atoms with E-state index in [1.54, 1.807) is 22.9 Å². The van der Waals surface area contributed by atoms with Crippen molar-refractivity contribution in [2.75, 3.05) is 54.8 Å². The molecule has 2 fully saturated rings. The molecule has 3 aromatic rings. The van der Waals surface area contributed by atoms with Crippen LogP contribution in [0.4, 0.5) is 11.6 Å². The second kappa shape index (κ2) is 14.1. The van der Waals surface area contributed by atoms with Gasteiger partial charge in [-0.15, -0.1) is 0 Å². The Balaban J connectivity index is 1.41. The summed E-state index contributed by atoms with van der Waals surface area (Å²) in [7, 11) is -2.22. The number of carbonyl (C=O) groups excluding carboxylic acids is 1. The van der Waals surface area contributed by atoms with Crippen molar-refractivity contribution < 1.29 is 17.9 Å². The van der Waals surface area contributed by atoms with Gasteiger partial charge in [0.1, 0.15) is 0 Å². The van der Waals surface area contributed by atoms with Gasteiger partial charge in [0.2, 0.25) is 16.0 Å². The number of hydrogen-bond donors (Lipinski definition) is 2. The molecule has 2 aliphatic heterocycles. The summed E-state index contributed by atoms with van der Waals surface area (Å²) in [6, 6.07) is 5.96. The molecule has 0 spiro atoms. The summed E-state index contributed by atoms with van der Waals surface area (Å²) in [6.07, 6.45) is 7.05. The number of nitrogens with two attached hydrogens (primary N) is 1. The van der Waals surface area contributed by atoms with Crippen LogP contribution in [0, 0.1) is 0 Å². The van der Waals surface area contributed by atoms with Gasteiger partial charge >= 0.3 is 5.69 Å². The largest absolute Gasteiger partial charge is 0.378 e. The zero-order chi connectivity index (χ0) is 33.0. The molecule has 14 nitrogen and oxygen atoms in total. The van der Waals surface area contributed by atoms with E-state index in [-0.39, 0.29) is 34.2 Å². The number of benzene rings is 1. The van der Waals surface area contributed by atoms with Gasteiger partial charge in [0, 0.05) is 57.1 Å². The van der Waals surface area contributed by atoms with Crippen LogP contribution in [0.5, 0.6) is 0 Å². The lowest BCUT2D eigenvalue weighted by atomic mass is 10.1. The first-order chi connectivity index (χ1) is 21.9. The molecule has 2 aromatic heterocycles. The number of hydrogen-bond acceptors (Lipinski definition) is 10. The van der Waals surface area contributed by atoms with Crippen molar-refractivity contribution in [3.05, 3.63) is 74.6 Å². The predicted molar refractivity (Wildman–Crippen MR) is 178 cm³/mol. The Kier molecular flexibility index (Phi) is 10.1. The monoisotopic (exact) mass is 654 g/mol. The quantitative estimate of drug-likeness (QED) is 0.227. The van der Waals surface area contributed by atoms with E-state index < -0.39 is 33.6 Å². The summed E-state index contributed by atoms with van der Waals surface area (Å²) >= 11 is 0. The minimum absolute atomic E-state index is 0.0321. The van der Waals surface area contributed by atoms with Crippen LogP contribution < -0.4 is 26.6 Å². The summed E-state index contributed by atoms with van der Waals surface area (Å²) < 4.78 is 37.2. The van der Waals surface area contributed by atoms with Crippen LogP contribution in [0.3, 0.4) is 0 Å². The number of imidazole rings is 1. The highest BCUT2D eigenvalue weighted by molar-refractivity contribution is 7.92. The molecule has 0 bridgehead atoms. The van der Waals surface area contributed by atoms with Gasteiger partial charge in [0.05, 0.1) is 25.5 Å². The fraction of sp³-hybridized carbons (Fsp3) is 0.484. The Hall–Kier alpha value is -4.21. The number of Topliss-reactive ketones (excluding diaryl/α,β-unsaturated/α-hetero) is 1. The van der Waals surface area contributed by atoms with E-state index >= 15 is 0 Å². The zero-order valence-electron chi connectivity index (χ0n) is 26.5. The molecule has 2 aliphatic rings. The number of sulfonamides is 1. The van der Waals surface area contributed by atoms with Gasteiger partial charge in [-0.1, -0.05) is 29.9 Å². The fourth-order valence-corrected chi connectivity index (χ4v) is 6.55. The van der Waals surface area contributed by atoms with Gasteiger partial charge in [-0.2, -0.15) is 4.98 Å². The van der Waals surface area contributed by atoms with Gasteiger partial charge in [0.15, 0.2) is 16.9 Å². The number of anilines is 2. The smallest absolute Gasteiger partial charge is 0.332 e. The molecule has 46 heavy (non-hydrogen) atoms. The van der Waals surface area contributed by atoms with Crippen LogP contribution in [0.25, 0.3) is 11.2 Å². The first-order valence-electron chi connectivity index (χ1n) is 15.4. The molecule has 3 N–H and O–H groups in total. The van der Waals surface area contributed by atoms with E-state index in [4.69, 9.17) is 15.5 Å². The highest BCUT2D eigenvalue weighted by Gasteiger charge is 2.26. The van der Waals surface area contributed by atoms with E-state index in [9.17, 15) is 22.8 Å². The van der Waals surface area contributed by atoms with E-state index in [1.807, 2.05) is 29.7 Å². The van der Waals surface area contributed by atoms with Crippen LogP contribution >= 0.6 is 0 Å². The Labute approximate surface area is 267 Å². The van der Waals surface area contributed by atoms with E-state index in [0.717, 1.165) is 29.5 Å². The van der Waals surface area contributed by atoms with Gasteiger partial charge < -0.3 is 24.8 Å². The summed E-state index contributed by atoms with van der Waals surface area (Å²) in [5.41, 5.74) is 6.79. The number of aromatic nitrogens is 4. The molecule has 248 valence electrons. The van der Waals surface area contributed by atoms with Crippen molar-refractivity contribution in [1.29, 1.82) is 0 Å². The van der Waals surface area contributed by atoms with E-state index in [1.165, 1.54) is 29.8 Å². The van der Waals surface area contributed by atoms with Crippen molar-refractivity contribution in [2.24, 2.45) is 12.8 Å². The molecule has 15 heteroatoms. The molecule has 4 heterocycles. The third-order valence-electron chi connectivity index (χ3n) is 8.07. The topological polar surface area (TPSA) is 167 Å². The standard InChI is InChI=1S/C31H42N8O6S/c1-22(2)10-13-38-27-28(33-30(38)37-12-5-8-24(32)20-37)35(3)31(42)39(29(27)41)21-26(40)23-7-4-9-25(19-23)34-46(43,44)18-6-11-36-14-16-45-17-15-36/h4,6-7,9-11,19,24,34H,5,8,12-18,20-21,32H2,1-3H3. The zero-order valence-corrected chi connectivity index (χ0v) is 27.3. The minimum atomic E-state index is -3.75. The van der Waals surface area contributed by atoms with Crippen molar-refractivity contribution in [3.8, 4) is 0 Å². The third kappa shape index (κ3) is 7.59. The summed E-state index contributed by atoms with van der Waals surface area (Å²) in [6.45, 7) is 7.60. The lowest BCUT2D eigenvalue weighted by Gasteiger charge is -2.31. The number of aryl methyl sites for hydroxylation is 1.